The topological polar surface area (TPSA) is 69.4 Å². The van der Waals surface area contributed by atoms with Crippen LogP contribution in [-0.2, 0) is 6.61 Å². The summed E-state index contributed by atoms with van der Waals surface area (Å²) in [7, 11) is 0. The Bertz CT molecular complexity index is 540. The number of rotatable bonds is 6. The second-order valence-electron chi connectivity index (χ2n) is 3.81. The van der Waals surface area contributed by atoms with Crippen LogP contribution in [0.4, 0.5) is 0 Å². The fourth-order valence-corrected chi connectivity index (χ4v) is 1.70. The van der Waals surface area contributed by atoms with Crippen molar-refractivity contribution in [2.75, 3.05) is 13.2 Å². The summed E-state index contributed by atoms with van der Waals surface area (Å²) >= 11 is 0. The summed E-state index contributed by atoms with van der Waals surface area (Å²) < 4.78 is 12.6. The van der Waals surface area contributed by atoms with Gasteiger partial charge in [0.2, 0.25) is 0 Å². The van der Waals surface area contributed by atoms with Crippen molar-refractivity contribution in [3.05, 3.63) is 30.1 Å². The fourth-order valence-electron chi connectivity index (χ4n) is 1.70. The van der Waals surface area contributed by atoms with Crippen molar-refractivity contribution < 1.29 is 14.6 Å². The number of aromatic nitrogens is 3. The summed E-state index contributed by atoms with van der Waals surface area (Å²) in [5, 5.41) is 16.9. The molecule has 0 radical (unpaired) electrons. The lowest BCUT2D eigenvalue weighted by Gasteiger charge is -2.11. The number of nitrogens with zero attached hydrogens (tertiary/aromatic N) is 3. The van der Waals surface area contributed by atoms with Gasteiger partial charge in [-0.05, 0) is 26.0 Å². The van der Waals surface area contributed by atoms with Crippen LogP contribution in [0, 0.1) is 0 Å². The van der Waals surface area contributed by atoms with E-state index in [-0.39, 0.29) is 6.61 Å². The zero-order valence-corrected chi connectivity index (χ0v) is 11.0. The highest BCUT2D eigenvalue weighted by atomic mass is 16.5. The maximum absolute atomic E-state index is 9.04. The van der Waals surface area contributed by atoms with Crippen molar-refractivity contribution in [3.8, 4) is 17.2 Å². The lowest BCUT2D eigenvalue weighted by molar-refractivity contribution is 0.276. The lowest BCUT2D eigenvalue weighted by atomic mass is 10.2. The summed E-state index contributed by atoms with van der Waals surface area (Å²) in [5.41, 5.74) is 1.24. The number of benzene rings is 1. The monoisotopic (exact) mass is 263 g/mol. The molecule has 0 saturated heterocycles. The highest BCUT2D eigenvalue weighted by molar-refractivity contribution is 5.50. The Balaban J connectivity index is 2.41. The van der Waals surface area contributed by atoms with Gasteiger partial charge in [0.1, 0.15) is 22.9 Å². The van der Waals surface area contributed by atoms with Gasteiger partial charge in [-0.1, -0.05) is 5.21 Å². The van der Waals surface area contributed by atoms with E-state index in [1.165, 1.54) is 0 Å². The van der Waals surface area contributed by atoms with Gasteiger partial charge in [-0.15, -0.1) is 5.10 Å². The van der Waals surface area contributed by atoms with Crippen molar-refractivity contribution >= 4 is 0 Å². The van der Waals surface area contributed by atoms with Gasteiger partial charge in [-0.3, -0.25) is 0 Å². The minimum atomic E-state index is -0.144. The Morgan fingerprint density at radius 2 is 2.00 bits per heavy atom. The molecule has 6 heteroatoms. The van der Waals surface area contributed by atoms with E-state index in [0.717, 1.165) is 11.4 Å². The van der Waals surface area contributed by atoms with Crippen LogP contribution in [0.1, 0.15) is 19.5 Å². The van der Waals surface area contributed by atoms with Crippen LogP contribution in [0.25, 0.3) is 5.69 Å². The molecule has 102 valence electrons. The van der Waals surface area contributed by atoms with Crippen molar-refractivity contribution in [1.82, 2.24) is 15.0 Å². The van der Waals surface area contributed by atoms with E-state index in [2.05, 4.69) is 10.3 Å². The molecule has 0 amide bonds. The molecule has 0 fully saturated rings. The third-order valence-electron chi connectivity index (χ3n) is 2.49. The number of hydrogen-bond acceptors (Lipinski definition) is 5. The van der Waals surface area contributed by atoms with Gasteiger partial charge in [-0.25, -0.2) is 4.68 Å². The molecule has 1 N–H and O–H groups in total. The number of ether oxygens (including phenoxy) is 2. The molecule has 0 aliphatic rings. The van der Waals surface area contributed by atoms with Gasteiger partial charge in [0.05, 0.1) is 26.0 Å². The van der Waals surface area contributed by atoms with Crippen molar-refractivity contribution in [1.29, 1.82) is 0 Å². The molecular weight excluding hydrogens is 246 g/mol. The van der Waals surface area contributed by atoms with Crippen molar-refractivity contribution in [3.63, 3.8) is 0 Å². The molecule has 0 bridgehead atoms. The first-order chi connectivity index (χ1) is 9.28. The normalized spacial score (nSPS) is 10.5. The average molecular weight is 263 g/mol. The minimum absolute atomic E-state index is 0.144. The molecular formula is C13H17N3O3. The molecule has 19 heavy (non-hydrogen) atoms. The Morgan fingerprint density at radius 1 is 1.21 bits per heavy atom. The molecule has 0 spiro atoms. The molecule has 0 aliphatic carbocycles. The number of aliphatic hydroxyl groups is 1. The summed E-state index contributed by atoms with van der Waals surface area (Å²) in [6.07, 6.45) is 1.66. The van der Waals surface area contributed by atoms with Crippen LogP contribution in [0.3, 0.4) is 0 Å². The van der Waals surface area contributed by atoms with Crippen molar-refractivity contribution in [2.45, 2.75) is 20.5 Å². The van der Waals surface area contributed by atoms with E-state index >= 15 is 0 Å². The van der Waals surface area contributed by atoms with Crippen LogP contribution >= 0.6 is 0 Å². The maximum atomic E-state index is 9.04. The first kappa shape index (κ1) is 13.4. The Labute approximate surface area is 111 Å². The van der Waals surface area contributed by atoms with Crippen LogP contribution in [0.2, 0.25) is 0 Å². The SMILES string of the molecule is CCOc1ccc(OCC)c(-n2cc(CO)nn2)c1. The summed E-state index contributed by atoms with van der Waals surface area (Å²) in [5.74, 6) is 1.43. The molecule has 0 atom stereocenters. The van der Waals surface area contributed by atoms with Gasteiger partial charge in [0.25, 0.3) is 0 Å². The summed E-state index contributed by atoms with van der Waals surface area (Å²) in [6.45, 7) is 4.85. The third kappa shape index (κ3) is 3.03. The first-order valence-corrected chi connectivity index (χ1v) is 6.20. The highest BCUT2D eigenvalue weighted by Crippen LogP contribution is 2.27. The molecule has 0 saturated carbocycles. The van der Waals surface area contributed by atoms with E-state index in [9.17, 15) is 0 Å². The summed E-state index contributed by atoms with van der Waals surface area (Å²) in [4.78, 5) is 0. The molecule has 2 rings (SSSR count). The average Bonchev–Trinajstić information content (AvgIpc) is 2.90. The Morgan fingerprint density at radius 3 is 2.63 bits per heavy atom. The Kier molecular flexibility index (Phi) is 4.35. The van der Waals surface area contributed by atoms with Crippen molar-refractivity contribution in [2.24, 2.45) is 0 Å². The van der Waals surface area contributed by atoms with E-state index < -0.39 is 0 Å². The van der Waals surface area contributed by atoms with Gasteiger partial charge in [0, 0.05) is 6.07 Å². The number of aliphatic hydroxyl groups excluding tert-OH is 1. The maximum Gasteiger partial charge on any atom is 0.145 e. The smallest absolute Gasteiger partial charge is 0.145 e. The zero-order valence-electron chi connectivity index (χ0n) is 11.0. The fraction of sp³-hybridized carbons (Fsp3) is 0.385. The van der Waals surface area contributed by atoms with Crippen LogP contribution in [0.5, 0.6) is 11.5 Å². The van der Waals surface area contributed by atoms with Gasteiger partial charge in [-0.2, -0.15) is 0 Å². The lowest BCUT2D eigenvalue weighted by Crippen LogP contribution is -2.02. The molecule has 6 nitrogen and oxygen atoms in total. The second kappa shape index (κ2) is 6.19. The predicted molar refractivity (Wildman–Crippen MR) is 69.6 cm³/mol. The molecule has 1 heterocycles. The first-order valence-electron chi connectivity index (χ1n) is 6.20. The molecule has 0 unspecified atom stereocenters. The predicted octanol–water partition coefficient (Wildman–Crippen LogP) is 1.56. The van der Waals surface area contributed by atoms with Gasteiger partial charge < -0.3 is 14.6 Å². The van der Waals surface area contributed by atoms with E-state index in [0.29, 0.717) is 24.7 Å². The zero-order chi connectivity index (χ0) is 13.7. The van der Waals surface area contributed by atoms with Crippen LogP contribution in [0.15, 0.2) is 24.4 Å². The molecule has 1 aromatic heterocycles. The molecule has 1 aromatic carbocycles. The number of hydrogen-bond donors (Lipinski definition) is 1. The standard InChI is InChI=1S/C13H17N3O3/c1-3-18-11-5-6-13(19-4-2)12(7-11)16-8-10(9-17)14-15-16/h5-8,17H,3-4,9H2,1-2H3. The van der Waals surface area contributed by atoms with E-state index in [1.807, 2.05) is 32.0 Å². The molecule has 2 aromatic rings. The van der Waals surface area contributed by atoms with Gasteiger partial charge in [0.15, 0.2) is 0 Å². The third-order valence-corrected chi connectivity index (χ3v) is 2.49. The largest absolute Gasteiger partial charge is 0.494 e. The van der Waals surface area contributed by atoms with E-state index in [4.69, 9.17) is 14.6 Å². The summed E-state index contributed by atoms with van der Waals surface area (Å²) in [6, 6.07) is 5.52. The minimum Gasteiger partial charge on any atom is -0.494 e. The van der Waals surface area contributed by atoms with E-state index in [1.54, 1.807) is 10.9 Å². The highest BCUT2D eigenvalue weighted by Gasteiger charge is 2.10. The second-order valence-corrected chi connectivity index (χ2v) is 3.81. The van der Waals surface area contributed by atoms with Crippen LogP contribution in [-0.4, -0.2) is 33.3 Å². The quantitative estimate of drug-likeness (QED) is 0.856. The van der Waals surface area contributed by atoms with Crippen LogP contribution < -0.4 is 9.47 Å². The Hall–Kier alpha value is -2.08. The van der Waals surface area contributed by atoms with Gasteiger partial charge >= 0.3 is 0 Å². The molecule has 0 aliphatic heterocycles.